The van der Waals surface area contributed by atoms with E-state index in [1.807, 2.05) is 0 Å². The van der Waals surface area contributed by atoms with Crippen molar-refractivity contribution in [3.05, 3.63) is 12.7 Å². The Morgan fingerprint density at radius 3 is 2.69 bits per heavy atom. The lowest BCUT2D eigenvalue weighted by atomic mass is 10.3. The highest BCUT2D eigenvalue weighted by Crippen LogP contribution is 2.29. The third-order valence-electron chi connectivity index (χ3n) is 1.54. The van der Waals surface area contributed by atoms with Gasteiger partial charge in [-0.15, -0.1) is 6.58 Å². The summed E-state index contributed by atoms with van der Waals surface area (Å²) in [7, 11) is 0. The number of ether oxygens (including phenoxy) is 3. The first-order chi connectivity index (χ1) is 5.94. The Bertz CT molecular complexity index is 223. The van der Waals surface area contributed by atoms with E-state index in [9.17, 15) is 4.79 Å². The summed E-state index contributed by atoms with van der Waals surface area (Å²) in [6.07, 6.45) is -1.42. The van der Waals surface area contributed by atoms with Gasteiger partial charge in [0.25, 0.3) is 0 Å². The molecular weight excluding hydrogens is 176 g/mol. The normalized spacial score (nSPS) is 31.2. The van der Waals surface area contributed by atoms with Crippen LogP contribution in [0.4, 0.5) is 4.79 Å². The molecule has 1 aliphatic heterocycles. The quantitative estimate of drug-likeness (QED) is 0.523. The van der Waals surface area contributed by atoms with Crippen molar-refractivity contribution in [1.29, 1.82) is 0 Å². The minimum Gasteiger partial charge on any atom is -0.450 e. The van der Waals surface area contributed by atoms with Crippen LogP contribution in [0.25, 0.3) is 0 Å². The van der Waals surface area contributed by atoms with Gasteiger partial charge in [-0.3, -0.25) is 0 Å². The van der Waals surface area contributed by atoms with Crippen molar-refractivity contribution in [3.8, 4) is 0 Å². The molecule has 5 nitrogen and oxygen atoms in total. The van der Waals surface area contributed by atoms with Crippen LogP contribution in [0, 0.1) is 0 Å². The lowest BCUT2D eigenvalue weighted by Crippen LogP contribution is -2.26. The summed E-state index contributed by atoms with van der Waals surface area (Å²) in [5.74, 6) is -0.834. The highest BCUT2D eigenvalue weighted by atomic mass is 16.8. The Labute approximate surface area is 75.9 Å². The van der Waals surface area contributed by atoms with Crippen molar-refractivity contribution in [2.75, 3.05) is 0 Å². The molecule has 0 spiro atoms. The second-order valence-electron chi connectivity index (χ2n) is 3.09. The molecule has 5 heteroatoms. The van der Waals surface area contributed by atoms with Gasteiger partial charge in [0.05, 0.1) is 0 Å². The molecule has 0 aromatic rings. The monoisotopic (exact) mass is 188 g/mol. The Kier molecular flexibility index (Phi) is 2.58. The molecule has 1 saturated heterocycles. The number of hydrogen-bond acceptors (Lipinski definition) is 4. The van der Waals surface area contributed by atoms with E-state index in [2.05, 4.69) is 11.3 Å². The number of carboxylic acid groups (broad SMARTS) is 1. The van der Waals surface area contributed by atoms with Gasteiger partial charge in [-0.1, -0.05) is 6.08 Å². The fourth-order valence-electron chi connectivity index (χ4n) is 1.11. The smallest absolute Gasteiger partial charge is 0.450 e. The van der Waals surface area contributed by atoms with Gasteiger partial charge in [0.2, 0.25) is 6.29 Å². The summed E-state index contributed by atoms with van der Waals surface area (Å²) < 4.78 is 14.9. The summed E-state index contributed by atoms with van der Waals surface area (Å²) in [5, 5.41) is 8.37. The van der Waals surface area contributed by atoms with Crippen LogP contribution >= 0.6 is 0 Å². The predicted molar refractivity (Wildman–Crippen MR) is 43.1 cm³/mol. The highest BCUT2D eigenvalue weighted by Gasteiger charge is 2.42. The van der Waals surface area contributed by atoms with Crippen LogP contribution in [-0.2, 0) is 14.2 Å². The second-order valence-corrected chi connectivity index (χ2v) is 3.09. The van der Waals surface area contributed by atoms with Gasteiger partial charge in [-0.05, 0) is 13.8 Å². The summed E-state index contributed by atoms with van der Waals surface area (Å²) in [6, 6.07) is 0. The fraction of sp³-hybridized carbons (Fsp3) is 0.625. The van der Waals surface area contributed by atoms with Crippen molar-refractivity contribution in [1.82, 2.24) is 0 Å². The maximum absolute atomic E-state index is 10.2. The van der Waals surface area contributed by atoms with Gasteiger partial charge in [-0.2, -0.15) is 0 Å². The molecule has 0 radical (unpaired) electrons. The molecule has 0 aliphatic carbocycles. The first-order valence-electron chi connectivity index (χ1n) is 3.82. The van der Waals surface area contributed by atoms with Gasteiger partial charge in [-0.25, -0.2) is 4.79 Å². The minimum absolute atomic E-state index is 0.550. The van der Waals surface area contributed by atoms with Gasteiger partial charge >= 0.3 is 6.16 Å². The minimum atomic E-state index is -1.39. The number of rotatable bonds is 2. The zero-order valence-corrected chi connectivity index (χ0v) is 7.52. The van der Waals surface area contributed by atoms with Crippen molar-refractivity contribution in [2.24, 2.45) is 0 Å². The van der Waals surface area contributed by atoms with Crippen molar-refractivity contribution < 1.29 is 24.1 Å². The molecule has 1 aliphatic rings. The average Bonchev–Trinajstić information content (AvgIpc) is 2.24. The lowest BCUT2D eigenvalue weighted by molar-refractivity contribution is -0.178. The van der Waals surface area contributed by atoms with Crippen LogP contribution in [-0.4, -0.2) is 29.4 Å². The topological polar surface area (TPSA) is 65.0 Å². The van der Waals surface area contributed by atoms with Crippen LogP contribution in [0.1, 0.15) is 13.8 Å². The Morgan fingerprint density at radius 2 is 2.23 bits per heavy atom. The fourth-order valence-corrected chi connectivity index (χ4v) is 1.11. The maximum Gasteiger partial charge on any atom is 0.508 e. The van der Waals surface area contributed by atoms with Crippen LogP contribution in [0.15, 0.2) is 12.7 Å². The van der Waals surface area contributed by atoms with Crippen LogP contribution in [0.2, 0.25) is 0 Å². The molecule has 13 heavy (non-hydrogen) atoms. The third kappa shape index (κ3) is 2.43. The summed E-state index contributed by atoms with van der Waals surface area (Å²) in [6.45, 7) is 6.84. The first-order valence-corrected chi connectivity index (χ1v) is 3.82. The highest BCUT2D eigenvalue weighted by molar-refractivity contribution is 5.57. The van der Waals surface area contributed by atoms with E-state index in [-0.39, 0.29) is 0 Å². The van der Waals surface area contributed by atoms with Gasteiger partial charge in [0, 0.05) is 0 Å². The SMILES string of the molecule is C=CC1OC(C)(C)OC1OC(=O)O. The number of hydrogen-bond donors (Lipinski definition) is 1. The molecule has 0 amide bonds. The molecule has 1 fully saturated rings. The van der Waals surface area contributed by atoms with Gasteiger partial charge < -0.3 is 19.3 Å². The zero-order valence-electron chi connectivity index (χ0n) is 7.52. The summed E-state index contributed by atoms with van der Waals surface area (Å²) >= 11 is 0. The maximum atomic E-state index is 10.2. The molecule has 1 N–H and O–H groups in total. The van der Waals surface area contributed by atoms with E-state index in [1.54, 1.807) is 13.8 Å². The van der Waals surface area contributed by atoms with Crippen LogP contribution < -0.4 is 0 Å². The standard InChI is InChI=1S/C8H12O5/c1-4-5-6(11-7(9)10)13-8(2,3)12-5/h4-6H,1H2,2-3H3,(H,9,10). The molecular formula is C8H12O5. The largest absolute Gasteiger partial charge is 0.508 e. The first kappa shape index (κ1) is 10.0. The van der Waals surface area contributed by atoms with E-state index >= 15 is 0 Å². The molecule has 1 heterocycles. The zero-order chi connectivity index (χ0) is 10.1. The molecule has 1 rings (SSSR count). The van der Waals surface area contributed by atoms with Crippen molar-refractivity contribution in [2.45, 2.75) is 32.0 Å². The molecule has 0 aromatic carbocycles. The number of carbonyl (C=O) groups is 1. The Hall–Kier alpha value is -1.07. The molecule has 0 aromatic heterocycles. The van der Waals surface area contributed by atoms with E-state index in [1.165, 1.54) is 6.08 Å². The molecule has 0 saturated carbocycles. The van der Waals surface area contributed by atoms with Crippen molar-refractivity contribution in [3.63, 3.8) is 0 Å². The molecule has 2 unspecified atom stereocenters. The molecule has 0 bridgehead atoms. The van der Waals surface area contributed by atoms with E-state index in [0.29, 0.717) is 0 Å². The summed E-state index contributed by atoms with van der Waals surface area (Å²) in [4.78, 5) is 10.2. The lowest BCUT2D eigenvalue weighted by Gasteiger charge is -2.15. The van der Waals surface area contributed by atoms with Gasteiger partial charge in [0.15, 0.2) is 5.79 Å². The van der Waals surface area contributed by atoms with Crippen LogP contribution in [0.5, 0.6) is 0 Å². The van der Waals surface area contributed by atoms with Gasteiger partial charge in [0.1, 0.15) is 6.10 Å². The third-order valence-corrected chi connectivity index (χ3v) is 1.54. The Balaban J connectivity index is 2.63. The van der Waals surface area contributed by atoms with Crippen LogP contribution in [0.3, 0.4) is 0 Å². The van der Waals surface area contributed by atoms with E-state index < -0.39 is 24.3 Å². The average molecular weight is 188 g/mol. The van der Waals surface area contributed by atoms with E-state index in [4.69, 9.17) is 14.6 Å². The summed E-state index contributed by atoms with van der Waals surface area (Å²) in [5.41, 5.74) is 0. The second kappa shape index (κ2) is 3.35. The Morgan fingerprint density at radius 1 is 1.62 bits per heavy atom. The van der Waals surface area contributed by atoms with Crippen molar-refractivity contribution >= 4 is 6.16 Å². The molecule has 2 atom stereocenters. The van der Waals surface area contributed by atoms with E-state index in [0.717, 1.165) is 0 Å². The molecule has 74 valence electrons. The predicted octanol–water partition coefficient (Wildman–Crippen LogP) is 1.34.